The minimum absolute atomic E-state index is 0.0894. The van der Waals surface area contributed by atoms with E-state index >= 15 is 0 Å². The summed E-state index contributed by atoms with van der Waals surface area (Å²) in [5, 5.41) is 2.36. The van der Waals surface area contributed by atoms with Crippen LogP contribution in [0.15, 0.2) is 11.7 Å². The number of rotatable bonds is 6. The molecular weight excluding hydrogens is 306 g/mol. The summed E-state index contributed by atoms with van der Waals surface area (Å²) < 4.78 is 76.5. The van der Waals surface area contributed by atoms with Crippen LogP contribution in [0.2, 0.25) is 0 Å². The van der Waals surface area contributed by atoms with E-state index in [4.69, 9.17) is 0 Å². The predicted molar refractivity (Wildman–Crippen MR) is 63.5 cm³/mol. The molecule has 0 aliphatic rings. The summed E-state index contributed by atoms with van der Waals surface area (Å²) in [4.78, 5) is 4.05. The highest BCUT2D eigenvalue weighted by atomic mass is 32.1. The summed E-state index contributed by atoms with van der Waals surface area (Å²) in [6, 6.07) is -1.74. The number of hydrogen-bond acceptors (Lipinski definition) is 3. The van der Waals surface area contributed by atoms with Crippen LogP contribution in [0.4, 0.5) is 26.3 Å². The van der Waals surface area contributed by atoms with E-state index in [1.54, 1.807) is 6.92 Å². The first-order chi connectivity index (χ1) is 9.16. The van der Waals surface area contributed by atoms with Crippen molar-refractivity contribution in [2.75, 3.05) is 6.54 Å². The van der Waals surface area contributed by atoms with Crippen LogP contribution in [0.3, 0.4) is 0 Å². The maximum Gasteiger partial charge on any atom is 0.402 e. The van der Waals surface area contributed by atoms with Crippen LogP contribution >= 0.6 is 11.3 Å². The van der Waals surface area contributed by atoms with Gasteiger partial charge in [-0.15, -0.1) is 11.3 Å². The molecule has 0 aromatic carbocycles. The molecule has 1 N–H and O–H groups in total. The van der Waals surface area contributed by atoms with Gasteiger partial charge in [-0.3, -0.25) is 4.98 Å². The molecule has 116 valence electrons. The number of halogens is 6. The highest BCUT2D eigenvalue weighted by Gasteiger charge is 2.59. The summed E-state index contributed by atoms with van der Waals surface area (Å²) in [6.07, 6.45) is -9.30. The van der Waals surface area contributed by atoms with Crippen molar-refractivity contribution in [3.8, 4) is 0 Å². The summed E-state index contributed by atoms with van der Waals surface area (Å²) in [6.45, 7) is 1.76. The Morgan fingerprint density at radius 2 is 1.80 bits per heavy atom. The van der Waals surface area contributed by atoms with Crippen molar-refractivity contribution < 1.29 is 26.3 Å². The molecule has 0 saturated carbocycles. The maximum absolute atomic E-state index is 12.7. The van der Waals surface area contributed by atoms with Gasteiger partial charge in [0.05, 0.1) is 5.51 Å². The van der Waals surface area contributed by atoms with Crippen molar-refractivity contribution in [2.45, 2.75) is 38.2 Å². The maximum atomic E-state index is 12.7. The van der Waals surface area contributed by atoms with Gasteiger partial charge in [0, 0.05) is 17.1 Å². The highest BCUT2D eigenvalue weighted by Crippen LogP contribution is 2.42. The molecular formula is C11H14F6N2S. The predicted octanol–water partition coefficient (Wildman–Crippen LogP) is 3.79. The molecule has 1 rings (SSSR count). The second kappa shape index (κ2) is 6.75. The van der Waals surface area contributed by atoms with Crippen LogP contribution in [0.25, 0.3) is 0 Å². The average Bonchev–Trinajstić information content (AvgIpc) is 2.74. The number of alkyl halides is 6. The van der Waals surface area contributed by atoms with Gasteiger partial charge in [0.2, 0.25) is 0 Å². The molecule has 0 aliphatic carbocycles. The van der Waals surface area contributed by atoms with Crippen LogP contribution in [-0.4, -0.2) is 29.9 Å². The van der Waals surface area contributed by atoms with Crippen LogP contribution in [-0.2, 0) is 6.42 Å². The molecule has 0 saturated heterocycles. The third-order valence-corrected chi connectivity index (χ3v) is 3.47. The van der Waals surface area contributed by atoms with E-state index in [1.807, 2.05) is 0 Å². The minimum Gasteiger partial charge on any atom is -0.313 e. The van der Waals surface area contributed by atoms with E-state index in [0.29, 0.717) is 11.3 Å². The van der Waals surface area contributed by atoms with E-state index in [9.17, 15) is 26.3 Å². The Labute approximate surface area is 116 Å². The Kier molecular flexibility index (Phi) is 5.81. The second-order valence-electron chi connectivity index (χ2n) is 4.29. The average molecular weight is 320 g/mol. The topological polar surface area (TPSA) is 24.9 Å². The van der Waals surface area contributed by atoms with Crippen LogP contribution < -0.4 is 5.32 Å². The molecule has 9 heteroatoms. The molecule has 0 spiro atoms. The number of nitrogens with zero attached hydrogens (tertiary/aromatic N) is 1. The number of hydrogen-bond donors (Lipinski definition) is 1. The molecule has 0 fully saturated rings. The molecule has 2 nitrogen and oxygen atoms in total. The molecule has 20 heavy (non-hydrogen) atoms. The Hall–Kier alpha value is -0.830. The molecule has 1 atom stereocenters. The fourth-order valence-corrected chi connectivity index (χ4v) is 2.49. The smallest absolute Gasteiger partial charge is 0.313 e. The van der Waals surface area contributed by atoms with E-state index in [2.05, 4.69) is 10.3 Å². The van der Waals surface area contributed by atoms with Gasteiger partial charge in [-0.2, -0.15) is 26.3 Å². The van der Waals surface area contributed by atoms with Crippen molar-refractivity contribution in [2.24, 2.45) is 5.92 Å². The third kappa shape index (κ3) is 4.93. The van der Waals surface area contributed by atoms with Gasteiger partial charge >= 0.3 is 12.4 Å². The molecule has 0 bridgehead atoms. The molecule has 1 heterocycles. The molecule has 0 radical (unpaired) electrons. The van der Waals surface area contributed by atoms with E-state index in [0.717, 1.165) is 11.3 Å². The zero-order chi connectivity index (χ0) is 15.4. The fourth-order valence-electron chi connectivity index (χ4n) is 1.84. The number of thiazole rings is 1. The van der Waals surface area contributed by atoms with Gasteiger partial charge in [-0.1, -0.05) is 6.92 Å². The summed E-state index contributed by atoms with van der Waals surface area (Å²) >= 11 is 1.04. The first-order valence-electron chi connectivity index (χ1n) is 5.90. The zero-order valence-electron chi connectivity index (χ0n) is 10.6. The molecule has 1 aromatic heterocycles. The fraction of sp³-hybridized carbons (Fsp3) is 0.727. The summed E-state index contributed by atoms with van der Waals surface area (Å²) in [5.74, 6) is -3.39. The van der Waals surface area contributed by atoms with Crippen molar-refractivity contribution in [1.29, 1.82) is 0 Å². The highest BCUT2D eigenvalue weighted by molar-refractivity contribution is 7.09. The minimum atomic E-state index is -5.34. The van der Waals surface area contributed by atoms with E-state index < -0.39 is 24.3 Å². The quantitative estimate of drug-likeness (QED) is 0.807. The summed E-state index contributed by atoms with van der Waals surface area (Å²) in [7, 11) is 0. The van der Waals surface area contributed by atoms with Gasteiger partial charge < -0.3 is 5.32 Å². The lowest BCUT2D eigenvalue weighted by atomic mass is 9.94. The van der Waals surface area contributed by atoms with Crippen molar-refractivity contribution in [3.63, 3.8) is 0 Å². The van der Waals surface area contributed by atoms with Crippen molar-refractivity contribution >= 4 is 11.3 Å². The normalized spacial score (nSPS) is 14.8. The molecule has 0 amide bonds. The second-order valence-corrected chi connectivity index (χ2v) is 5.26. The standard InChI is InChI=1S/C11H14F6N2S/c1-2-3-19-8(4-7-5-18-6-20-7)9(10(12,13)14)11(15,16)17/h5-6,8-9,19H,2-4H2,1H3. The number of nitrogens with one attached hydrogen (secondary N) is 1. The Morgan fingerprint density at radius 1 is 1.20 bits per heavy atom. The van der Waals surface area contributed by atoms with E-state index in [-0.39, 0.29) is 13.0 Å². The SMILES string of the molecule is CCCNC(Cc1cncs1)C(C(F)(F)F)C(F)(F)F. The number of aromatic nitrogens is 1. The lowest BCUT2D eigenvalue weighted by molar-refractivity contribution is -0.291. The van der Waals surface area contributed by atoms with Gasteiger partial charge in [0.15, 0.2) is 5.92 Å². The molecule has 1 unspecified atom stereocenters. The zero-order valence-corrected chi connectivity index (χ0v) is 11.4. The Balaban J connectivity index is 2.98. The Morgan fingerprint density at radius 3 is 2.20 bits per heavy atom. The van der Waals surface area contributed by atoms with Gasteiger partial charge in [-0.25, -0.2) is 0 Å². The van der Waals surface area contributed by atoms with Crippen LogP contribution in [0, 0.1) is 5.92 Å². The van der Waals surface area contributed by atoms with Gasteiger partial charge in [-0.05, 0) is 19.4 Å². The lowest BCUT2D eigenvalue weighted by Gasteiger charge is -2.31. The first kappa shape index (κ1) is 17.2. The van der Waals surface area contributed by atoms with Crippen molar-refractivity contribution in [1.82, 2.24) is 10.3 Å². The van der Waals surface area contributed by atoms with Crippen LogP contribution in [0.5, 0.6) is 0 Å². The monoisotopic (exact) mass is 320 g/mol. The Bertz CT molecular complexity index is 373. The molecule has 0 aliphatic heterocycles. The van der Waals surface area contributed by atoms with Crippen LogP contribution in [0.1, 0.15) is 18.2 Å². The first-order valence-corrected chi connectivity index (χ1v) is 6.78. The van der Waals surface area contributed by atoms with Crippen molar-refractivity contribution in [3.05, 3.63) is 16.6 Å². The summed E-state index contributed by atoms with van der Waals surface area (Å²) in [5.41, 5.74) is 1.38. The lowest BCUT2D eigenvalue weighted by Crippen LogP contribution is -2.52. The molecule has 1 aromatic rings. The largest absolute Gasteiger partial charge is 0.402 e. The van der Waals surface area contributed by atoms with Gasteiger partial charge in [0.1, 0.15) is 0 Å². The third-order valence-electron chi connectivity index (χ3n) is 2.67. The van der Waals surface area contributed by atoms with E-state index in [1.165, 1.54) is 11.7 Å². The van der Waals surface area contributed by atoms with Gasteiger partial charge in [0.25, 0.3) is 0 Å².